The van der Waals surface area contributed by atoms with E-state index in [1.807, 2.05) is 0 Å². The Morgan fingerprint density at radius 1 is 1.43 bits per heavy atom. The largest absolute Gasteiger partial charge is 0.481 e. The summed E-state index contributed by atoms with van der Waals surface area (Å²) in [6, 6.07) is 0. The van der Waals surface area contributed by atoms with Gasteiger partial charge in [0.2, 0.25) is 0 Å². The molecule has 78 valence electrons. The van der Waals surface area contributed by atoms with Gasteiger partial charge in [-0.1, -0.05) is 0 Å². The highest BCUT2D eigenvalue weighted by Crippen LogP contribution is 2.56. The highest BCUT2D eigenvalue weighted by atomic mass is 16.7. The summed E-state index contributed by atoms with van der Waals surface area (Å²) in [5, 5.41) is 8.63. The van der Waals surface area contributed by atoms with Crippen molar-refractivity contribution in [3.63, 3.8) is 0 Å². The van der Waals surface area contributed by atoms with Crippen LogP contribution in [0.1, 0.15) is 19.3 Å². The lowest BCUT2D eigenvalue weighted by atomic mass is 9.93. The molecule has 0 aromatic heterocycles. The number of aliphatic carboxylic acids is 1. The van der Waals surface area contributed by atoms with Crippen molar-refractivity contribution >= 4 is 5.97 Å². The van der Waals surface area contributed by atoms with Crippen molar-refractivity contribution in [3.8, 4) is 0 Å². The molecule has 0 unspecified atom stereocenters. The number of hydrogen-bond acceptors (Lipinski definition) is 3. The summed E-state index contributed by atoms with van der Waals surface area (Å²) in [7, 11) is 0. The van der Waals surface area contributed by atoms with Crippen LogP contribution in [0.5, 0.6) is 0 Å². The number of fused-ring (bicyclic) bond motifs is 4. The Morgan fingerprint density at radius 3 is 3.07 bits per heavy atom. The van der Waals surface area contributed by atoms with Crippen molar-refractivity contribution in [2.45, 2.75) is 31.7 Å². The van der Waals surface area contributed by atoms with E-state index in [1.54, 1.807) is 0 Å². The molecule has 2 heterocycles. The number of carboxylic acids is 1. The molecule has 3 fully saturated rings. The van der Waals surface area contributed by atoms with E-state index in [0.717, 1.165) is 6.61 Å². The minimum atomic E-state index is -0.720. The van der Waals surface area contributed by atoms with Crippen molar-refractivity contribution in [3.05, 3.63) is 0 Å². The zero-order valence-corrected chi connectivity index (χ0v) is 7.89. The molecule has 1 saturated carbocycles. The lowest BCUT2D eigenvalue weighted by Gasteiger charge is -2.26. The molecule has 5 atom stereocenters. The number of ether oxygens (including phenoxy) is 2. The van der Waals surface area contributed by atoms with Crippen LogP contribution in [0.3, 0.4) is 0 Å². The van der Waals surface area contributed by atoms with E-state index >= 15 is 0 Å². The molecule has 14 heavy (non-hydrogen) atoms. The van der Waals surface area contributed by atoms with Crippen molar-refractivity contribution in [1.29, 1.82) is 0 Å². The highest BCUT2D eigenvalue weighted by Gasteiger charge is 2.58. The Kier molecular flexibility index (Phi) is 1.82. The van der Waals surface area contributed by atoms with Crippen LogP contribution in [0.15, 0.2) is 0 Å². The van der Waals surface area contributed by atoms with Crippen LogP contribution in [0.25, 0.3) is 0 Å². The van der Waals surface area contributed by atoms with Gasteiger partial charge in [-0.2, -0.15) is 0 Å². The molecule has 0 aromatic carbocycles. The van der Waals surface area contributed by atoms with Crippen LogP contribution in [-0.2, 0) is 14.3 Å². The van der Waals surface area contributed by atoms with E-state index in [4.69, 9.17) is 14.6 Å². The minimum Gasteiger partial charge on any atom is -0.481 e. The molecule has 0 amide bonds. The Labute approximate surface area is 82.2 Å². The Bertz CT molecular complexity index is 265. The van der Waals surface area contributed by atoms with E-state index in [1.165, 1.54) is 6.42 Å². The first-order valence-corrected chi connectivity index (χ1v) is 5.24. The highest BCUT2D eigenvalue weighted by molar-refractivity contribution is 5.66. The molecule has 3 aliphatic rings. The van der Waals surface area contributed by atoms with Crippen LogP contribution < -0.4 is 0 Å². The Balaban J connectivity index is 1.65. The lowest BCUT2D eigenvalue weighted by molar-refractivity contribution is -0.142. The molecular formula is C10H14O4. The van der Waals surface area contributed by atoms with E-state index in [-0.39, 0.29) is 12.7 Å². The van der Waals surface area contributed by atoms with Gasteiger partial charge in [-0.25, -0.2) is 0 Å². The first kappa shape index (κ1) is 8.68. The third-order valence-electron chi connectivity index (χ3n) is 3.69. The van der Waals surface area contributed by atoms with Gasteiger partial charge in [0, 0.05) is 12.3 Å². The molecule has 1 aliphatic carbocycles. The first-order chi connectivity index (χ1) is 6.75. The third kappa shape index (κ3) is 1.25. The summed E-state index contributed by atoms with van der Waals surface area (Å²) in [6.45, 7) is 0.718. The third-order valence-corrected chi connectivity index (χ3v) is 3.69. The zero-order valence-electron chi connectivity index (χ0n) is 7.89. The van der Waals surface area contributed by atoms with Gasteiger partial charge in [0.05, 0.1) is 12.7 Å². The van der Waals surface area contributed by atoms with Gasteiger partial charge in [-0.3, -0.25) is 4.79 Å². The van der Waals surface area contributed by atoms with Gasteiger partial charge < -0.3 is 14.6 Å². The van der Waals surface area contributed by atoms with Crippen molar-refractivity contribution in [2.75, 3.05) is 6.61 Å². The molecular weight excluding hydrogens is 184 g/mol. The van der Waals surface area contributed by atoms with Crippen LogP contribution in [0.2, 0.25) is 0 Å². The minimum absolute atomic E-state index is 0.108. The average molecular weight is 198 g/mol. The smallest absolute Gasteiger partial charge is 0.303 e. The van der Waals surface area contributed by atoms with Gasteiger partial charge in [-0.05, 0) is 24.7 Å². The number of carboxylic acid groups (broad SMARTS) is 1. The number of hydrogen-bond donors (Lipinski definition) is 1. The SMILES string of the molecule is O=C(O)CC[C@H]1[C@@H]2OC[C@@H](O2)[C@H]2C[C@@H]12. The average Bonchev–Trinajstić information content (AvgIpc) is 2.81. The fourth-order valence-corrected chi connectivity index (χ4v) is 2.89. The van der Waals surface area contributed by atoms with E-state index in [0.29, 0.717) is 30.3 Å². The second-order valence-corrected chi connectivity index (χ2v) is 4.54. The topological polar surface area (TPSA) is 55.8 Å². The van der Waals surface area contributed by atoms with Crippen LogP contribution in [0.4, 0.5) is 0 Å². The summed E-state index contributed by atoms with van der Waals surface area (Å²) < 4.78 is 11.2. The van der Waals surface area contributed by atoms with Crippen LogP contribution >= 0.6 is 0 Å². The quantitative estimate of drug-likeness (QED) is 0.730. The standard InChI is InChI=1S/C10H14O4/c11-9(12)2-1-5-6-3-7(6)8-4-13-10(5)14-8/h5-8,10H,1-4H2,(H,11,12)/t5-,6+,7+,8-,10-/m1/s1. The monoisotopic (exact) mass is 198 g/mol. The molecule has 2 saturated heterocycles. The predicted molar refractivity (Wildman–Crippen MR) is 46.6 cm³/mol. The van der Waals surface area contributed by atoms with Gasteiger partial charge in [0.25, 0.3) is 0 Å². The molecule has 2 bridgehead atoms. The van der Waals surface area contributed by atoms with Crippen LogP contribution in [0, 0.1) is 17.8 Å². The molecule has 3 rings (SSSR count). The Morgan fingerprint density at radius 2 is 2.29 bits per heavy atom. The Hall–Kier alpha value is -0.610. The van der Waals surface area contributed by atoms with Crippen LogP contribution in [-0.4, -0.2) is 30.1 Å². The van der Waals surface area contributed by atoms with E-state index in [2.05, 4.69) is 0 Å². The second kappa shape index (κ2) is 2.94. The fourth-order valence-electron chi connectivity index (χ4n) is 2.89. The maximum absolute atomic E-state index is 10.5. The second-order valence-electron chi connectivity index (χ2n) is 4.54. The summed E-state index contributed by atoms with van der Waals surface area (Å²) >= 11 is 0. The normalized spacial score (nSPS) is 48.7. The molecule has 0 spiro atoms. The first-order valence-electron chi connectivity index (χ1n) is 5.24. The molecule has 4 heteroatoms. The number of carbonyl (C=O) groups is 1. The maximum Gasteiger partial charge on any atom is 0.303 e. The maximum atomic E-state index is 10.5. The molecule has 2 aliphatic heterocycles. The number of rotatable bonds is 3. The molecule has 0 radical (unpaired) electrons. The van der Waals surface area contributed by atoms with Crippen molar-refractivity contribution < 1.29 is 19.4 Å². The van der Waals surface area contributed by atoms with E-state index in [9.17, 15) is 4.79 Å². The molecule has 4 nitrogen and oxygen atoms in total. The van der Waals surface area contributed by atoms with Gasteiger partial charge >= 0.3 is 5.97 Å². The van der Waals surface area contributed by atoms with E-state index < -0.39 is 5.97 Å². The van der Waals surface area contributed by atoms with Gasteiger partial charge in [0.15, 0.2) is 6.29 Å². The summed E-state index contributed by atoms with van der Waals surface area (Å²) in [6.07, 6.45) is 2.36. The lowest BCUT2D eigenvalue weighted by Crippen LogP contribution is -2.31. The van der Waals surface area contributed by atoms with Crippen molar-refractivity contribution in [1.82, 2.24) is 0 Å². The van der Waals surface area contributed by atoms with Crippen molar-refractivity contribution in [2.24, 2.45) is 17.8 Å². The fraction of sp³-hybridized carbons (Fsp3) is 0.900. The summed E-state index contributed by atoms with van der Waals surface area (Å²) in [4.78, 5) is 10.5. The van der Waals surface area contributed by atoms with Gasteiger partial charge in [-0.15, -0.1) is 0 Å². The molecule has 1 N–H and O–H groups in total. The van der Waals surface area contributed by atoms with Gasteiger partial charge in [0.1, 0.15) is 0 Å². The molecule has 0 aromatic rings. The zero-order chi connectivity index (χ0) is 9.71. The summed E-state index contributed by atoms with van der Waals surface area (Å²) in [5.74, 6) is 0.949. The predicted octanol–water partition coefficient (Wildman–Crippen LogP) is 0.859. The summed E-state index contributed by atoms with van der Waals surface area (Å²) in [5.41, 5.74) is 0.